The molecule has 2 aliphatic rings. The SMILES string of the molecule is C[C@@H]1COCCN1c1cc(N2CCOC[C@@H]2C)[nH]c(=O)c1. The molecule has 1 aromatic heterocycles. The van der Waals surface area contributed by atoms with Crippen LogP contribution in [0.5, 0.6) is 0 Å². The summed E-state index contributed by atoms with van der Waals surface area (Å²) in [6.45, 7) is 8.67. The van der Waals surface area contributed by atoms with Gasteiger partial charge in [-0.3, -0.25) is 4.79 Å². The van der Waals surface area contributed by atoms with Crippen LogP contribution in [-0.4, -0.2) is 56.6 Å². The Hall–Kier alpha value is -1.53. The molecule has 0 aliphatic carbocycles. The summed E-state index contributed by atoms with van der Waals surface area (Å²) in [4.78, 5) is 19.4. The van der Waals surface area contributed by atoms with E-state index in [4.69, 9.17) is 9.47 Å². The molecule has 2 fully saturated rings. The van der Waals surface area contributed by atoms with Crippen LogP contribution in [0.1, 0.15) is 13.8 Å². The average molecular weight is 293 g/mol. The number of morpholine rings is 2. The number of aromatic nitrogens is 1. The Labute approximate surface area is 124 Å². The van der Waals surface area contributed by atoms with Crippen molar-refractivity contribution < 1.29 is 9.47 Å². The van der Waals surface area contributed by atoms with Gasteiger partial charge in [-0.05, 0) is 13.8 Å². The lowest BCUT2D eigenvalue weighted by atomic mass is 10.2. The highest BCUT2D eigenvalue weighted by molar-refractivity contribution is 5.56. The predicted octanol–water partition coefficient (Wildman–Crippen LogP) is 0.825. The predicted molar refractivity (Wildman–Crippen MR) is 82.3 cm³/mol. The van der Waals surface area contributed by atoms with Crippen LogP contribution in [-0.2, 0) is 9.47 Å². The van der Waals surface area contributed by atoms with Gasteiger partial charge >= 0.3 is 0 Å². The van der Waals surface area contributed by atoms with Gasteiger partial charge in [0.05, 0.1) is 32.5 Å². The van der Waals surface area contributed by atoms with Crippen molar-refractivity contribution in [3.8, 4) is 0 Å². The number of nitrogens with one attached hydrogen (secondary N) is 1. The van der Waals surface area contributed by atoms with Crippen LogP contribution in [0.15, 0.2) is 16.9 Å². The maximum atomic E-state index is 12.0. The number of nitrogens with zero attached hydrogens (tertiary/aromatic N) is 2. The van der Waals surface area contributed by atoms with Gasteiger partial charge in [0.15, 0.2) is 0 Å². The Morgan fingerprint density at radius 1 is 1.05 bits per heavy atom. The van der Waals surface area contributed by atoms with E-state index in [1.54, 1.807) is 6.07 Å². The van der Waals surface area contributed by atoms with E-state index in [9.17, 15) is 4.79 Å². The fourth-order valence-electron chi connectivity index (χ4n) is 3.03. The second kappa shape index (κ2) is 6.07. The fourth-order valence-corrected chi connectivity index (χ4v) is 3.03. The van der Waals surface area contributed by atoms with E-state index in [0.29, 0.717) is 26.4 Å². The van der Waals surface area contributed by atoms with E-state index < -0.39 is 0 Å². The third-order valence-electron chi connectivity index (χ3n) is 4.19. The van der Waals surface area contributed by atoms with E-state index in [2.05, 4.69) is 34.7 Å². The highest BCUT2D eigenvalue weighted by Gasteiger charge is 2.23. The molecule has 0 amide bonds. The lowest BCUT2D eigenvalue weighted by Gasteiger charge is -2.37. The molecule has 1 aromatic rings. The molecule has 3 heterocycles. The molecule has 0 saturated carbocycles. The molecule has 116 valence electrons. The molecule has 2 aliphatic heterocycles. The van der Waals surface area contributed by atoms with E-state index >= 15 is 0 Å². The zero-order valence-electron chi connectivity index (χ0n) is 12.7. The van der Waals surface area contributed by atoms with Crippen molar-refractivity contribution in [2.75, 3.05) is 49.3 Å². The lowest BCUT2D eigenvalue weighted by Crippen LogP contribution is -2.46. The topological polar surface area (TPSA) is 57.8 Å². The van der Waals surface area contributed by atoms with Gasteiger partial charge in [-0.1, -0.05) is 0 Å². The minimum absolute atomic E-state index is 0.0557. The molecule has 6 nitrogen and oxygen atoms in total. The maximum Gasteiger partial charge on any atom is 0.251 e. The van der Waals surface area contributed by atoms with Gasteiger partial charge in [-0.2, -0.15) is 0 Å². The number of aromatic amines is 1. The maximum absolute atomic E-state index is 12.0. The van der Waals surface area contributed by atoms with Crippen molar-refractivity contribution in [3.63, 3.8) is 0 Å². The number of hydrogen-bond donors (Lipinski definition) is 1. The van der Waals surface area contributed by atoms with Crippen molar-refractivity contribution in [1.82, 2.24) is 4.98 Å². The first-order chi connectivity index (χ1) is 10.1. The number of rotatable bonds is 2. The molecule has 0 bridgehead atoms. The Morgan fingerprint density at radius 3 is 2.29 bits per heavy atom. The number of ether oxygens (including phenoxy) is 2. The molecule has 1 N–H and O–H groups in total. The molecule has 0 unspecified atom stereocenters. The van der Waals surface area contributed by atoms with Crippen molar-refractivity contribution in [2.45, 2.75) is 25.9 Å². The first-order valence-corrected chi connectivity index (χ1v) is 7.58. The Bertz CT molecular complexity index is 502. The minimum atomic E-state index is -0.0557. The number of anilines is 2. The molecule has 0 radical (unpaired) electrons. The third-order valence-corrected chi connectivity index (χ3v) is 4.19. The third kappa shape index (κ3) is 3.06. The summed E-state index contributed by atoms with van der Waals surface area (Å²) >= 11 is 0. The van der Waals surface area contributed by atoms with Crippen LogP contribution in [0.3, 0.4) is 0 Å². The van der Waals surface area contributed by atoms with E-state index in [1.807, 2.05) is 0 Å². The minimum Gasteiger partial charge on any atom is -0.377 e. The van der Waals surface area contributed by atoms with Crippen LogP contribution >= 0.6 is 0 Å². The number of pyridine rings is 1. The monoisotopic (exact) mass is 293 g/mol. The normalized spacial score (nSPS) is 27.0. The van der Waals surface area contributed by atoms with Crippen LogP contribution < -0.4 is 15.4 Å². The van der Waals surface area contributed by atoms with Gasteiger partial charge in [0.2, 0.25) is 0 Å². The smallest absolute Gasteiger partial charge is 0.251 e. The van der Waals surface area contributed by atoms with Crippen LogP contribution in [0, 0.1) is 0 Å². The quantitative estimate of drug-likeness (QED) is 0.875. The molecule has 0 spiro atoms. The molecule has 2 saturated heterocycles. The summed E-state index contributed by atoms with van der Waals surface area (Å²) in [6, 6.07) is 4.31. The van der Waals surface area contributed by atoms with Gasteiger partial charge in [0.25, 0.3) is 5.56 Å². The van der Waals surface area contributed by atoms with Crippen molar-refractivity contribution in [3.05, 3.63) is 22.5 Å². The van der Waals surface area contributed by atoms with Gasteiger partial charge in [0.1, 0.15) is 5.82 Å². The summed E-state index contributed by atoms with van der Waals surface area (Å²) < 4.78 is 10.9. The largest absolute Gasteiger partial charge is 0.377 e. The van der Waals surface area contributed by atoms with E-state index in [1.165, 1.54) is 0 Å². The van der Waals surface area contributed by atoms with Gasteiger partial charge in [0, 0.05) is 37.0 Å². The zero-order chi connectivity index (χ0) is 14.8. The molecular weight excluding hydrogens is 270 g/mol. The van der Waals surface area contributed by atoms with Crippen molar-refractivity contribution in [2.24, 2.45) is 0 Å². The summed E-state index contributed by atoms with van der Waals surface area (Å²) in [6.07, 6.45) is 0. The number of hydrogen-bond acceptors (Lipinski definition) is 5. The van der Waals surface area contributed by atoms with Crippen LogP contribution in [0.25, 0.3) is 0 Å². The summed E-state index contributed by atoms with van der Waals surface area (Å²) in [5.41, 5.74) is 0.920. The Balaban J connectivity index is 1.90. The van der Waals surface area contributed by atoms with Crippen molar-refractivity contribution in [1.29, 1.82) is 0 Å². The molecule has 0 aromatic carbocycles. The van der Waals surface area contributed by atoms with Gasteiger partial charge in [-0.25, -0.2) is 0 Å². The lowest BCUT2D eigenvalue weighted by molar-refractivity contribution is 0.0980. The first kappa shape index (κ1) is 14.4. The van der Waals surface area contributed by atoms with Gasteiger partial charge < -0.3 is 24.3 Å². The average Bonchev–Trinajstić information content (AvgIpc) is 2.47. The summed E-state index contributed by atoms with van der Waals surface area (Å²) in [5.74, 6) is 0.881. The zero-order valence-corrected chi connectivity index (χ0v) is 12.7. The van der Waals surface area contributed by atoms with Gasteiger partial charge in [-0.15, -0.1) is 0 Å². The fraction of sp³-hybridized carbons (Fsp3) is 0.667. The van der Waals surface area contributed by atoms with E-state index in [-0.39, 0.29) is 17.6 Å². The molecule has 21 heavy (non-hydrogen) atoms. The standard InChI is InChI=1S/C15H23N3O3/c1-11-9-20-5-3-17(11)13-7-14(16-15(19)8-13)18-4-6-21-10-12(18)2/h7-8,11-12H,3-6,9-10H2,1-2H3,(H,16,19)/t11-,12+/m1/s1. The molecule has 3 rings (SSSR count). The molecule has 2 atom stereocenters. The van der Waals surface area contributed by atoms with Crippen molar-refractivity contribution >= 4 is 11.5 Å². The Kier molecular flexibility index (Phi) is 4.17. The number of H-pyrrole nitrogens is 1. The second-order valence-electron chi connectivity index (χ2n) is 5.82. The summed E-state index contributed by atoms with van der Waals surface area (Å²) in [7, 11) is 0. The van der Waals surface area contributed by atoms with Crippen LogP contribution in [0.4, 0.5) is 11.5 Å². The molecule has 6 heteroatoms. The first-order valence-electron chi connectivity index (χ1n) is 7.58. The Morgan fingerprint density at radius 2 is 1.67 bits per heavy atom. The molecular formula is C15H23N3O3. The highest BCUT2D eigenvalue weighted by atomic mass is 16.5. The van der Waals surface area contributed by atoms with E-state index in [0.717, 1.165) is 24.6 Å². The highest BCUT2D eigenvalue weighted by Crippen LogP contribution is 2.24. The second-order valence-corrected chi connectivity index (χ2v) is 5.82. The summed E-state index contributed by atoms with van der Waals surface area (Å²) in [5, 5.41) is 0. The van der Waals surface area contributed by atoms with Crippen LogP contribution in [0.2, 0.25) is 0 Å².